The van der Waals surface area contributed by atoms with Gasteiger partial charge in [-0.1, -0.05) is 6.07 Å². The lowest BCUT2D eigenvalue weighted by molar-refractivity contribution is -0.119. The summed E-state index contributed by atoms with van der Waals surface area (Å²) in [5.41, 5.74) is -0.462. The van der Waals surface area contributed by atoms with Gasteiger partial charge in [-0.3, -0.25) is 4.79 Å². The SMILES string of the molecule is O=C(CSc1ccc(F)cc1)NCC(O)(c1ccsc1)c1cccs1. The summed E-state index contributed by atoms with van der Waals surface area (Å²) in [6, 6.07) is 11.6. The number of thioether (sulfide) groups is 1. The molecule has 25 heavy (non-hydrogen) atoms. The third-order valence-electron chi connectivity index (χ3n) is 3.65. The number of carbonyl (C=O) groups excluding carboxylic acids is 1. The normalized spacial score (nSPS) is 13.4. The molecule has 0 bridgehead atoms. The number of amides is 1. The van der Waals surface area contributed by atoms with E-state index in [1.807, 2.05) is 34.3 Å². The molecule has 0 fully saturated rings. The summed E-state index contributed by atoms with van der Waals surface area (Å²) in [5, 5.41) is 19.7. The van der Waals surface area contributed by atoms with Crippen LogP contribution in [-0.2, 0) is 10.4 Å². The molecule has 0 saturated carbocycles. The van der Waals surface area contributed by atoms with Crippen molar-refractivity contribution in [1.29, 1.82) is 0 Å². The molecule has 1 aromatic carbocycles. The Balaban J connectivity index is 1.61. The first-order valence-corrected chi connectivity index (χ1v) is 10.3. The van der Waals surface area contributed by atoms with Crippen LogP contribution in [-0.4, -0.2) is 23.3 Å². The van der Waals surface area contributed by atoms with Crippen molar-refractivity contribution >= 4 is 40.3 Å². The Hall–Kier alpha value is -1.67. The minimum Gasteiger partial charge on any atom is -0.378 e. The second-order valence-corrected chi connectivity index (χ2v) is 8.15. The average molecular weight is 394 g/mol. The number of halogens is 1. The highest BCUT2D eigenvalue weighted by molar-refractivity contribution is 8.00. The van der Waals surface area contributed by atoms with Gasteiger partial charge in [0.05, 0.1) is 12.3 Å². The zero-order chi connectivity index (χ0) is 17.7. The third kappa shape index (κ3) is 4.49. The van der Waals surface area contributed by atoms with E-state index in [0.29, 0.717) is 0 Å². The molecule has 7 heteroatoms. The summed E-state index contributed by atoms with van der Waals surface area (Å²) in [7, 11) is 0. The first-order valence-electron chi connectivity index (χ1n) is 7.52. The van der Waals surface area contributed by atoms with E-state index in [2.05, 4.69) is 5.32 Å². The highest BCUT2D eigenvalue weighted by atomic mass is 32.2. The maximum absolute atomic E-state index is 12.9. The first kappa shape index (κ1) is 18.1. The van der Waals surface area contributed by atoms with Crippen LogP contribution in [0.15, 0.2) is 63.5 Å². The summed E-state index contributed by atoms with van der Waals surface area (Å²) >= 11 is 4.28. The first-order chi connectivity index (χ1) is 12.1. The Morgan fingerprint density at radius 3 is 2.64 bits per heavy atom. The lowest BCUT2D eigenvalue weighted by Gasteiger charge is -2.27. The number of benzene rings is 1. The Kier molecular flexibility index (Phi) is 5.90. The van der Waals surface area contributed by atoms with E-state index in [-0.39, 0.29) is 24.0 Å². The smallest absolute Gasteiger partial charge is 0.230 e. The van der Waals surface area contributed by atoms with Gasteiger partial charge in [-0.2, -0.15) is 11.3 Å². The number of aliphatic hydroxyl groups is 1. The number of carbonyl (C=O) groups is 1. The van der Waals surface area contributed by atoms with Gasteiger partial charge in [0.25, 0.3) is 0 Å². The van der Waals surface area contributed by atoms with Crippen LogP contribution in [0.2, 0.25) is 0 Å². The summed E-state index contributed by atoms with van der Waals surface area (Å²) < 4.78 is 12.9. The van der Waals surface area contributed by atoms with E-state index in [0.717, 1.165) is 15.3 Å². The van der Waals surface area contributed by atoms with Gasteiger partial charge in [0, 0.05) is 15.3 Å². The van der Waals surface area contributed by atoms with E-state index >= 15 is 0 Å². The van der Waals surface area contributed by atoms with Crippen molar-refractivity contribution in [2.45, 2.75) is 10.5 Å². The molecule has 1 unspecified atom stereocenters. The molecule has 0 spiro atoms. The van der Waals surface area contributed by atoms with Crippen LogP contribution in [0.4, 0.5) is 4.39 Å². The molecule has 130 valence electrons. The van der Waals surface area contributed by atoms with Crippen LogP contribution in [0.3, 0.4) is 0 Å². The third-order valence-corrected chi connectivity index (χ3v) is 6.37. The van der Waals surface area contributed by atoms with Gasteiger partial charge < -0.3 is 10.4 Å². The molecule has 0 aliphatic heterocycles. The van der Waals surface area contributed by atoms with E-state index in [9.17, 15) is 14.3 Å². The van der Waals surface area contributed by atoms with Crippen molar-refractivity contribution in [2.24, 2.45) is 0 Å². The predicted molar refractivity (Wildman–Crippen MR) is 102 cm³/mol. The van der Waals surface area contributed by atoms with Gasteiger partial charge in [0.2, 0.25) is 5.91 Å². The van der Waals surface area contributed by atoms with E-state index in [4.69, 9.17) is 0 Å². The minimum absolute atomic E-state index is 0.104. The number of hydrogen-bond acceptors (Lipinski definition) is 5. The Bertz CT molecular complexity index is 767. The van der Waals surface area contributed by atoms with Gasteiger partial charge in [-0.25, -0.2) is 4.39 Å². The molecule has 3 aromatic rings. The van der Waals surface area contributed by atoms with Crippen LogP contribution < -0.4 is 5.32 Å². The van der Waals surface area contributed by atoms with Crippen LogP contribution in [0.5, 0.6) is 0 Å². The molecule has 3 rings (SSSR count). The van der Waals surface area contributed by atoms with Gasteiger partial charge in [0.15, 0.2) is 0 Å². The molecule has 1 atom stereocenters. The van der Waals surface area contributed by atoms with Crippen molar-refractivity contribution in [3.05, 3.63) is 74.9 Å². The number of rotatable bonds is 7. The van der Waals surface area contributed by atoms with Crippen LogP contribution in [0, 0.1) is 5.82 Å². The molecule has 0 saturated heterocycles. The fourth-order valence-electron chi connectivity index (χ4n) is 2.30. The zero-order valence-corrected chi connectivity index (χ0v) is 15.6. The van der Waals surface area contributed by atoms with Gasteiger partial charge >= 0.3 is 0 Å². The van der Waals surface area contributed by atoms with Crippen LogP contribution >= 0.6 is 34.4 Å². The summed E-state index contributed by atoms with van der Waals surface area (Å²) in [5.74, 6) is -0.277. The van der Waals surface area contributed by atoms with Gasteiger partial charge in [-0.05, 0) is 52.5 Å². The topological polar surface area (TPSA) is 49.3 Å². The van der Waals surface area contributed by atoms with Crippen molar-refractivity contribution in [2.75, 3.05) is 12.3 Å². The lowest BCUT2D eigenvalue weighted by Crippen LogP contribution is -2.41. The minimum atomic E-state index is -1.23. The Morgan fingerprint density at radius 2 is 2.00 bits per heavy atom. The van der Waals surface area contributed by atoms with Gasteiger partial charge in [-0.15, -0.1) is 23.1 Å². The predicted octanol–water partition coefficient (Wildman–Crippen LogP) is 4.09. The number of thiophene rings is 2. The monoisotopic (exact) mass is 393 g/mol. The van der Waals surface area contributed by atoms with E-state index in [1.165, 1.54) is 46.6 Å². The largest absolute Gasteiger partial charge is 0.378 e. The quantitative estimate of drug-likeness (QED) is 0.595. The fraction of sp³-hybridized carbons (Fsp3) is 0.167. The second kappa shape index (κ2) is 8.14. The Labute approximate surface area is 157 Å². The maximum atomic E-state index is 12.9. The molecule has 0 aliphatic rings. The van der Waals surface area contributed by atoms with Crippen molar-refractivity contribution in [3.8, 4) is 0 Å². The summed E-state index contributed by atoms with van der Waals surface area (Å²) in [6.07, 6.45) is 0. The number of hydrogen-bond donors (Lipinski definition) is 2. The maximum Gasteiger partial charge on any atom is 0.230 e. The number of nitrogens with one attached hydrogen (secondary N) is 1. The average Bonchev–Trinajstić information content (AvgIpc) is 3.33. The van der Waals surface area contributed by atoms with Crippen molar-refractivity contribution < 1.29 is 14.3 Å². The molecule has 2 heterocycles. The molecule has 2 aromatic heterocycles. The molecular weight excluding hydrogens is 377 g/mol. The Morgan fingerprint density at radius 1 is 1.20 bits per heavy atom. The molecule has 0 aliphatic carbocycles. The highest BCUT2D eigenvalue weighted by Gasteiger charge is 2.33. The molecule has 0 radical (unpaired) electrons. The van der Waals surface area contributed by atoms with Crippen LogP contribution in [0.1, 0.15) is 10.4 Å². The highest BCUT2D eigenvalue weighted by Crippen LogP contribution is 2.33. The van der Waals surface area contributed by atoms with Crippen LogP contribution in [0.25, 0.3) is 0 Å². The molecule has 3 nitrogen and oxygen atoms in total. The van der Waals surface area contributed by atoms with Crippen molar-refractivity contribution in [1.82, 2.24) is 5.32 Å². The van der Waals surface area contributed by atoms with E-state index < -0.39 is 5.60 Å². The molecule has 1 amide bonds. The van der Waals surface area contributed by atoms with Crippen molar-refractivity contribution in [3.63, 3.8) is 0 Å². The molecule has 2 N–H and O–H groups in total. The zero-order valence-electron chi connectivity index (χ0n) is 13.1. The fourth-order valence-corrected chi connectivity index (χ4v) is 4.60. The standard InChI is InChI=1S/C18H16FNO2S3/c19-14-3-5-15(6-4-14)25-11-17(21)20-12-18(22,13-7-9-23-10-13)16-2-1-8-24-16/h1-10,22H,11-12H2,(H,20,21). The lowest BCUT2D eigenvalue weighted by atomic mass is 9.94. The van der Waals surface area contributed by atoms with E-state index in [1.54, 1.807) is 12.1 Å². The summed E-state index contributed by atoms with van der Waals surface area (Å²) in [6.45, 7) is 0.104. The second-order valence-electron chi connectivity index (χ2n) is 5.37. The van der Waals surface area contributed by atoms with Gasteiger partial charge in [0.1, 0.15) is 11.4 Å². The molecular formula is C18H16FNO2S3. The summed E-state index contributed by atoms with van der Waals surface area (Å²) in [4.78, 5) is 13.8.